The topological polar surface area (TPSA) is 77.8 Å². The Kier molecular flexibility index (Phi) is 9.35. The number of unbranched alkanes of at least 4 members (excludes halogenated alkanes) is 2. The predicted molar refractivity (Wildman–Crippen MR) is 69.3 cm³/mol. The van der Waals surface area contributed by atoms with Crippen molar-refractivity contribution < 1.29 is 19.8 Å². The average molecular weight is 255 g/mol. The number of rotatable bonds is 6. The number of carboxylic acid groups (broad SMARTS) is 2. The number of nitrogens with zero attached hydrogens (tertiary/aromatic N) is 1. The Morgan fingerprint density at radius 2 is 1.83 bits per heavy atom. The van der Waals surface area contributed by atoms with Crippen molar-refractivity contribution in [2.45, 2.75) is 32.6 Å². The van der Waals surface area contributed by atoms with Crippen LogP contribution in [0.15, 0.2) is 24.4 Å². The van der Waals surface area contributed by atoms with Gasteiger partial charge in [-0.15, -0.1) is 0 Å². The van der Waals surface area contributed by atoms with Crippen LogP contribution >= 0.6 is 0 Å². The lowest BCUT2D eigenvalue weighted by Gasteiger charge is -2.19. The highest BCUT2D eigenvalue weighted by Crippen LogP contribution is 2.02. The first-order valence-corrected chi connectivity index (χ1v) is 6.07. The molecule has 2 N–H and O–H groups in total. The smallest absolute Gasteiger partial charge is 0.314 e. The maximum Gasteiger partial charge on any atom is 0.314 e. The maximum atomic E-state index is 9.43. The zero-order chi connectivity index (χ0) is 13.8. The van der Waals surface area contributed by atoms with Gasteiger partial charge in [-0.25, -0.2) is 0 Å². The molecule has 0 amide bonds. The summed E-state index contributed by atoms with van der Waals surface area (Å²) >= 11 is 0. The molecule has 5 heteroatoms. The number of allylic oxidation sites excluding steroid dienone is 2. The highest BCUT2D eigenvalue weighted by molar-refractivity contribution is 5.88. The monoisotopic (exact) mass is 255 g/mol. The normalized spacial score (nSPS) is 12.8. The molecule has 0 aromatic carbocycles. The molecule has 0 aliphatic carbocycles. The third-order valence-corrected chi connectivity index (χ3v) is 2.24. The number of carboxylic acids is 2. The summed E-state index contributed by atoms with van der Waals surface area (Å²) in [6.45, 7) is 4.56. The third-order valence-electron chi connectivity index (χ3n) is 2.24. The van der Waals surface area contributed by atoms with Crippen molar-refractivity contribution in [1.29, 1.82) is 0 Å². The fraction of sp³-hybridized carbons (Fsp3) is 0.538. The first-order valence-electron chi connectivity index (χ1n) is 6.07. The minimum absolute atomic E-state index is 0.806. The fourth-order valence-electron chi connectivity index (χ4n) is 1.37. The molecule has 1 heterocycles. The van der Waals surface area contributed by atoms with Gasteiger partial charge in [-0.2, -0.15) is 0 Å². The van der Waals surface area contributed by atoms with E-state index in [1.54, 1.807) is 0 Å². The Morgan fingerprint density at radius 3 is 2.22 bits per heavy atom. The lowest BCUT2D eigenvalue weighted by Crippen LogP contribution is -2.19. The van der Waals surface area contributed by atoms with E-state index in [-0.39, 0.29) is 0 Å². The molecule has 0 bridgehead atoms. The van der Waals surface area contributed by atoms with Crippen molar-refractivity contribution in [1.82, 2.24) is 4.90 Å². The summed E-state index contributed by atoms with van der Waals surface area (Å²) in [5.41, 5.74) is 0. The Labute approximate surface area is 107 Å². The average Bonchev–Trinajstić information content (AvgIpc) is 2.30. The van der Waals surface area contributed by atoms with E-state index in [1.807, 2.05) is 0 Å². The van der Waals surface area contributed by atoms with Gasteiger partial charge < -0.3 is 15.1 Å². The summed E-state index contributed by atoms with van der Waals surface area (Å²) in [6, 6.07) is 0. The van der Waals surface area contributed by atoms with E-state index in [0.717, 1.165) is 6.54 Å². The van der Waals surface area contributed by atoms with Crippen molar-refractivity contribution in [2.24, 2.45) is 0 Å². The fourth-order valence-corrected chi connectivity index (χ4v) is 1.37. The lowest BCUT2D eigenvalue weighted by atomic mass is 10.2. The van der Waals surface area contributed by atoms with Crippen molar-refractivity contribution >= 4 is 11.9 Å². The van der Waals surface area contributed by atoms with Crippen LogP contribution in [0, 0.1) is 0 Å². The van der Waals surface area contributed by atoms with Crippen molar-refractivity contribution in [3.63, 3.8) is 0 Å². The van der Waals surface area contributed by atoms with E-state index in [1.165, 1.54) is 25.8 Å². The van der Waals surface area contributed by atoms with Crippen LogP contribution in [0.4, 0.5) is 0 Å². The zero-order valence-electron chi connectivity index (χ0n) is 10.7. The molecule has 102 valence electrons. The predicted octanol–water partition coefficient (Wildman–Crippen LogP) is 2.11. The first kappa shape index (κ1) is 16.2. The van der Waals surface area contributed by atoms with Crippen LogP contribution in [-0.2, 0) is 9.59 Å². The zero-order valence-corrected chi connectivity index (χ0v) is 10.7. The van der Waals surface area contributed by atoms with E-state index < -0.39 is 18.4 Å². The Morgan fingerprint density at radius 1 is 1.17 bits per heavy atom. The summed E-state index contributed by atoms with van der Waals surface area (Å²) in [5.74, 6) is -2.62. The Hall–Kier alpha value is -1.78. The summed E-state index contributed by atoms with van der Waals surface area (Å²) in [7, 11) is 0. The highest BCUT2D eigenvalue weighted by Gasteiger charge is 2.01. The van der Waals surface area contributed by atoms with E-state index >= 15 is 0 Å². The second-order valence-corrected chi connectivity index (χ2v) is 3.94. The molecule has 1 rings (SSSR count). The summed E-state index contributed by atoms with van der Waals surface area (Å²) in [6.07, 6.45) is 11.8. The first-order chi connectivity index (χ1) is 8.56. The van der Waals surface area contributed by atoms with Gasteiger partial charge in [0.05, 0.1) is 0 Å². The van der Waals surface area contributed by atoms with Crippen LogP contribution in [0.25, 0.3) is 0 Å². The number of aliphatic carboxylic acids is 2. The van der Waals surface area contributed by atoms with Gasteiger partial charge in [0.15, 0.2) is 0 Å². The largest absolute Gasteiger partial charge is 0.481 e. The molecule has 5 nitrogen and oxygen atoms in total. The van der Waals surface area contributed by atoms with Crippen LogP contribution in [-0.4, -0.2) is 40.1 Å². The van der Waals surface area contributed by atoms with E-state index in [0.29, 0.717) is 0 Å². The van der Waals surface area contributed by atoms with Crippen molar-refractivity contribution in [3.8, 4) is 0 Å². The van der Waals surface area contributed by atoms with E-state index in [4.69, 9.17) is 10.2 Å². The van der Waals surface area contributed by atoms with Crippen molar-refractivity contribution in [2.75, 3.05) is 13.1 Å². The van der Waals surface area contributed by atoms with Gasteiger partial charge in [-0.05, 0) is 18.7 Å². The van der Waals surface area contributed by atoms with Crippen LogP contribution in [0.5, 0.6) is 0 Å². The van der Waals surface area contributed by atoms with Crippen molar-refractivity contribution in [3.05, 3.63) is 24.4 Å². The molecule has 0 fully saturated rings. The minimum atomic E-state index is -1.31. The van der Waals surface area contributed by atoms with Crippen LogP contribution in [0.2, 0.25) is 0 Å². The standard InChI is InChI=1S/C10H17N.C3H4O4/c1-2-3-5-8-11-9-6-4-7-10-11;4-2(5)1-3(6)7/h4,6-7,9H,2-3,5,8,10H2,1H3;1H2,(H,4,5)(H,6,7). The molecule has 1 aliphatic rings. The lowest BCUT2D eigenvalue weighted by molar-refractivity contribution is -0.147. The van der Waals surface area contributed by atoms with Crippen LogP contribution < -0.4 is 0 Å². The molecule has 0 aromatic rings. The molecule has 0 saturated heterocycles. The molecule has 18 heavy (non-hydrogen) atoms. The number of hydrogen-bond donors (Lipinski definition) is 2. The molecule has 0 unspecified atom stereocenters. The third kappa shape index (κ3) is 10.7. The quantitative estimate of drug-likeness (QED) is 0.561. The highest BCUT2D eigenvalue weighted by atomic mass is 16.4. The minimum Gasteiger partial charge on any atom is -0.481 e. The number of hydrogen-bond acceptors (Lipinski definition) is 3. The van der Waals surface area contributed by atoms with Gasteiger partial charge >= 0.3 is 11.9 Å². The van der Waals surface area contributed by atoms with Gasteiger partial charge in [0.2, 0.25) is 0 Å². The second kappa shape index (κ2) is 10.4. The molecule has 0 spiro atoms. The molecular formula is C13H21NO4. The van der Waals surface area contributed by atoms with E-state index in [9.17, 15) is 9.59 Å². The summed E-state index contributed by atoms with van der Waals surface area (Å²) in [5, 5.41) is 15.4. The molecule has 0 aromatic heterocycles. The van der Waals surface area contributed by atoms with E-state index in [2.05, 4.69) is 36.3 Å². The SMILES string of the molecule is CCCCCN1C=CC=CC1.O=C(O)CC(=O)O. The van der Waals surface area contributed by atoms with Gasteiger partial charge in [0, 0.05) is 13.1 Å². The Bertz CT molecular complexity index is 298. The van der Waals surface area contributed by atoms with Crippen LogP contribution in [0.3, 0.4) is 0 Å². The van der Waals surface area contributed by atoms with Crippen LogP contribution in [0.1, 0.15) is 32.6 Å². The maximum absolute atomic E-state index is 9.43. The summed E-state index contributed by atoms with van der Waals surface area (Å²) < 4.78 is 0. The molecule has 0 saturated carbocycles. The van der Waals surface area contributed by atoms with Gasteiger partial charge in [-0.1, -0.05) is 31.9 Å². The number of carbonyl (C=O) groups is 2. The molecular weight excluding hydrogens is 234 g/mol. The Balaban J connectivity index is 0.000000360. The summed E-state index contributed by atoms with van der Waals surface area (Å²) in [4.78, 5) is 21.2. The second-order valence-electron chi connectivity index (χ2n) is 3.94. The van der Waals surface area contributed by atoms with Gasteiger partial charge in [-0.3, -0.25) is 9.59 Å². The molecule has 0 radical (unpaired) electrons. The molecule has 0 atom stereocenters. The van der Waals surface area contributed by atoms with Gasteiger partial charge in [0.25, 0.3) is 0 Å². The molecule has 1 aliphatic heterocycles. The van der Waals surface area contributed by atoms with Gasteiger partial charge in [0.1, 0.15) is 6.42 Å².